The van der Waals surface area contributed by atoms with E-state index in [1.165, 1.54) is 12.3 Å². The van der Waals surface area contributed by atoms with Crippen molar-refractivity contribution in [3.8, 4) is 5.75 Å². The molecule has 0 aromatic carbocycles. The molecule has 16 heavy (non-hydrogen) atoms. The summed E-state index contributed by atoms with van der Waals surface area (Å²) in [6, 6.07) is 3.04. The summed E-state index contributed by atoms with van der Waals surface area (Å²) in [6.45, 7) is 3.68. The molecule has 0 fully saturated rings. The normalized spacial score (nSPS) is 10.4. The van der Waals surface area contributed by atoms with Crippen LogP contribution in [0.2, 0.25) is 0 Å². The highest BCUT2D eigenvalue weighted by atomic mass is 35.5. The molecular formula is C10H16ClN3O2. The molecule has 0 saturated heterocycles. The van der Waals surface area contributed by atoms with Crippen LogP contribution < -0.4 is 11.1 Å². The number of nitrogens with two attached hydrogens (primary N) is 1. The Balaban J connectivity index is 0.00000225. The van der Waals surface area contributed by atoms with Crippen LogP contribution in [-0.2, 0) is 4.79 Å². The summed E-state index contributed by atoms with van der Waals surface area (Å²) in [5.74, 6) is -0.165. The molecular weight excluding hydrogens is 230 g/mol. The van der Waals surface area contributed by atoms with Gasteiger partial charge in [0.1, 0.15) is 0 Å². The number of anilines is 1. The van der Waals surface area contributed by atoms with Gasteiger partial charge in [-0.1, -0.05) is 0 Å². The van der Waals surface area contributed by atoms with Crippen LogP contribution in [0.3, 0.4) is 0 Å². The first-order chi connectivity index (χ1) is 6.97. The van der Waals surface area contributed by atoms with Gasteiger partial charge in [-0.15, -0.1) is 12.4 Å². The first-order valence-corrected chi connectivity index (χ1v) is 4.63. The molecule has 0 aliphatic heterocycles. The predicted molar refractivity (Wildman–Crippen MR) is 64.6 cm³/mol. The minimum Gasteiger partial charge on any atom is -0.504 e. The largest absolute Gasteiger partial charge is 0.504 e. The van der Waals surface area contributed by atoms with Crippen LogP contribution in [0.4, 0.5) is 5.82 Å². The molecule has 1 heterocycles. The topological polar surface area (TPSA) is 88.2 Å². The second-order valence-corrected chi connectivity index (χ2v) is 3.91. The number of aromatic hydroxyl groups is 1. The van der Waals surface area contributed by atoms with E-state index in [1.54, 1.807) is 19.9 Å². The highest BCUT2D eigenvalue weighted by Crippen LogP contribution is 2.21. The first kappa shape index (κ1) is 14.7. The first-order valence-electron chi connectivity index (χ1n) is 4.63. The third-order valence-electron chi connectivity index (χ3n) is 2.14. The highest BCUT2D eigenvalue weighted by Gasteiger charge is 2.26. The Hall–Kier alpha value is -1.33. The number of halogens is 1. The van der Waals surface area contributed by atoms with E-state index in [0.29, 0.717) is 0 Å². The van der Waals surface area contributed by atoms with Gasteiger partial charge in [0.05, 0.1) is 5.41 Å². The fourth-order valence-electron chi connectivity index (χ4n) is 0.863. The van der Waals surface area contributed by atoms with Crippen molar-refractivity contribution in [1.82, 2.24) is 4.98 Å². The third-order valence-corrected chi connectivity index (χ3v) is 2.14. The maximum Gasteiger partial charge on any atom is 0.232 e. The number of amides is 1. The van der Waals surface area contributed by atoms with Crippen molar-refractivity contribution >= 4 is 24.1 Å². The molecule has 6 heteroatoms. The van der Waals surface area contributed by atoms with Gasteiger partial charge < -0.3 is 16.2 Å². The number of aromatic nitrogens is 1. The standard InChI is InChI=1S/C10H15N3O2.ClH/c1-10(2,6-11)9(15)13-8-7(14)4-3-5-12-8;/h3-5,14H,6,11H2,1-2H3,(H,12,13,15);1H. The maximum atomic E-state index is 11.7. The Kier molecular flexibility index (Phi) is 5.20. The number of pyridine rings is 1. The molecule has 0 unspecified atom stereocenters. The Morgan fingerprint density at radius 2 is 2.25 bits per heavy atom. The van der Waals surface area contributed by atoms with E-state index in [9.17, 15) is 9.90 Å². The van der Waals surface area contributed by atoms with E-state index in [-0.39, 0.29) is 36.4 Å². The Labute approximate surface area is 100 Å². The smallest absolute Gasteiger partial charge is 0.232 e. The number of carbonyl (C=O) groups is 1. The van der Waals surface area contributed by atoms with Gasteiger partial charge in [0.25, 0.3) is 0 Å². The molecule has 1 amide bonds. The molecule has 0 aliphatic rings. The second-order valence-electron chi connectivity index (χ2n) is 3.91. The van der Waals surface area contributed by atoms with Gasteiger partial charge in [-0.25, -0.2) is 4.98 Å². The molecule has 1 rings (SSSR count). The van der Waals surface area contributed by atoms with Crippen LogP contribution in [0.5, 0.6) is 5.75 Å². The van der Waals surface area contributed by atoms with Crippen molar-refractivity contribution in [2.24, 2.45) is 11.1 Å². The molecule has 0 aliphatic carbocycles. The van der Waals surface area contributed by atoms with E-state index < -0.39 is 5.41 Å². The summed E-state index contributed by atoms with van der Waals surface area (Å²) >= 11 is 0. The second kappa shape index (κ2) is 5.67. The van der Waals surface area contributed by atoms with Crippen molar-refractivity contribution in [2.75, 3.05) is 11.9 Å². The summed E-state index contributed by atoms with van der Waals surface area (Å²) in [5.41, 5.74) is 4.78. The Morgan fingerprint density at radius 1 is 1.62 bits per heavy atom. The lowest BCUT2D eigenvalue weighted by atomic mass is 9.93. The van der Waals surface area contributed by atoms with Crippen LogP contribution in [0.15, 0.2) is 18.3 Å². The molecule has 4 N–H and O–H groups in total. The van der Waals surface area contributed by atoms with Crippen molar-refractivity contribution < 1.29 is 9.90 Å². The number of hydrogen-bond acceptors (Lipinski definition) is 4. The molecule has 0 spiro atoms. The molecule has 0 bridgehead atoms. The van der Waals surface area contributed by atoms with Crippen LogP contribution in [-0.4, -0.2) is 22.5 Å². The third kappa shape index (κ3) is 3.36. The summed E-state index contributed by atoms with van der Waals surface area (Å²) in [7, 11) is 0. The van der Waals surface area contributed by atoms with Crippen molar-refractivity contribution in [2.45, 2.75) is 13.8 Å². The highest BCUT2D eigenvalue weighted by molar-refractivity contribution is 5.95. The van der Waals surface area contributed by atoms with Crippen LogP contribution >= 0.6 is 12.4 Å². The van der Waals surface area contributed by atoms with E-state index in [2.05, 4.69) is 10.3 Å². The molecule has 0 atom stereocenters. The number of nitrogens with zero attached hydrogens (tertiary/aromatic N) is 1. The lowest BCUT2D eigenvalue weighted by Gasteiger charge is -2.20. The molecule has 0 radical (unpaired) electrons. The quantitative estimate of drug-likeness (QED) is 0.745. The summed E-state index contributed by atoms with van der Waals surface area (Å²) in [6.07, 6.45) is 1.49. The summed E-state index contributed by atoms with van der Waals surface area (Å²) in [5, 5.41) is 11.9. The zero-order valence-electron chi connectivity index (χ0n) is 9.23. The zero-order chi connectivity index (χ0) is 11.5. The van der Waals surface area contributed by atoms with Crippen LogP contribution in [0.25, 0.3) is 0 Å². The van der Waals surface area contributed by atoms with Crippen molar-refractivity contribution in [1.29, 1.82) is 0 Å². The van der Waals surface area contributed by atoms with Gasteiger partial charge in [0.2, 0.25) is 5.91 Å². The number of rotatable bonds is 3. The number of hydrogen-bond donors (Lipinski definition) is 3. The SMILES string of the molecule is CC(C)(CN)C(=O)Nc1ncccc1O.Cl. The van der Waals surface area contributed by atoms with Gasteiger partial charge in [0.15, 0.2) is 11.6 Å². The molecule has 1 aromatic heterocycles. The van der Waals surface area contributed by atoms with Crippen LogP contribution in [0.1, 0.15) is 13.8 Å². The van der Waals surface area contributed by atoms with Gasteiger partial charge in [-0.3, -0.25) is 4.79 Å². The Bertz CT molecular complexity index is 369. The molecule has 5 nitrogen and oxygen atoms in total. The molecule has 0 saturated carbocycles. The van der Waals surface area contributed by atoms with E-state index in [1.807, 2.05) is 0 Å². The lowest BCUT2D eigenvalue weighted by molar-refractivity contribution is -0.123. The maximum absolute atomic E-state index is 11.7. The van der Waals surface area contributed by atoms with E-state index in [0.717, 1.165) is 0 Å². The van der Waals surface area contributed by atoms with Crippen LogP contribution in [0, 0.1) is 5.41 Å². The lowest BCUT2D eigenvalue weighted by Crippen LogP contribution is -2.37. The average Bonchev–Trinajstić information content (AvgIpc) is 2.21. The van der Waals surface area contributed by atoms with Gasteiger partial charge in [0, 0.05) is 12.7 Å². The van der Waals surface area contributed by atoms with E-state index >= 15 is 0 Å². The van der Waals surface area contributed by atoms with Crippen molar-refractivity contribution in [3.63, 3.8) is 0 Å². The van der Waals surface area contributed by atoms with Gasteiger partial charge >= 0.3 is 0 Å². The van der Waals surface area contributed by atoms with Crippen molar-refractivity contribution in [3.05, 3.63) is 18.3 Å². The minimum atomic E-state index is -0.677. The number of nitrogens with one attached hydrogen (secondary N) is 1. The van der Waals surface area contributed by atoms with Gasteiger partial charge in [-0.2, -0.15) is 0 Å². The van der Waals surface area contributed by atoms with Gasteiger partial charge in [-0.05, 0) is 26.0 Å². The number of carbonyl (C=O) groups excluding carboxylic acids is 1. The summed E-state index contributed by atoms with van der Waals surface area (Å²) in [4.78, 5) is 15.5. The minimum absolute atomic E-state index is 0. The molecule has 1 aromatic rings. The monoisotopic (exact) mass is 245 g/mol. The predicted octanol–water partition coefficient (Wildman–Crippen LogP) is 1.13. The fraction of sp³-hybridized carbons (Fsp3) is 0.400. The summed E-state index contributed by atoms with van der Waals surface area (Å²) < 4.78 is 0. The fourth-order valence-corrected chi connectivity index (χ4v) is 0.863. The molecule has 90 valence electrons. The Morgan fingerprint density at radius 3 is 2.75 bits per heavy atom. The zero-order valence-corrected chi connectivity index (χ0v) is 10.0. The van der Waals surface area contributed by atoms with E-state index in [4.69, 9.17) is 5.73 Å². The average molecular weight is 246 g/mol.